The Kier molecular flexibility index (Phi) is 3.88. The molecule has 0 saturated carbocycles. The van der Waals surface area contributed by atoms with Crippen LogP contribution in [0.4, 0.5) is 0 Å². The minimum Gasteiger partial charge on any atom is -0.307 e. The normalized spacial score (nSPS) is 12.6. The highest BCUT2D eigenvalue weighted by Crippen LogP contribution is 2.17. The Hall–Kier alpha value is -1.68. The summed E-state index contributed by atoms with van der Waals surface area (Å²) >= 11 is 0. The summed E-state index contributed by atoms with van der Waals surface area (Å²) < 4.78 is 0. The van der Waals surface area contributed by atoms with Crippen molar-refractivity contribution in [2.45, 2.75) is 26.3 Å². The van der Waals surface area contributed by atoms with Crippen LogP contribution in [0.1, 0.15) is 29.9 Å². The third-order valence-electron chi connectivity index (χ3n) is 2.90. The van der Waals surface area contributed by atoms with Crippen LogP contribution in [-0.2, 0) is 6.42 Å². The minimum absolute atomic E-state index is 0.198. The number of hydrogen-bond acceptors (Lipinski definition) is 3. The number of aryl methyl sites for hydroxylation is 1. The van der Waals surface area contributed by atoms with E-state index in [1.54, 1.807) is 6.33 Å². The Morgan fingerprint density at radius 3 is 2.82 bits per heavy atom. The summed E-state index contributed by atoms with van der Waals surface area (Å²) in [4.78, 5) is 4.23. The number of rotatable bonds is 5. The van der Waals surface area contributed by atoms with E-state index in [1.165, 1.54) is 11.1 Å². The largest absolute Gasteiger partial charge is 0.307 e. The summed E-state index contributed by atoms with van der Waals surface area (Å²) in [6, 6.07) is 8.64. The van der Waals surface area contributed by atoms with Crippen molar-refractivity contribution in [3.05, 3.63) is 47.5 Å². The summed E-state index contributed by atoms with van der Waals surface area (Å²) in [5.41, 5.74) is 2.66. The summed E-state index contributed by atoms with van der Waals surface area (Å²) in [6.07, 6.45) is 2.48. The smallest absolute Gasteiger partial charge is 0.141 e. The summed E-state index contributed by atoms with van der Waals surface area (Å²) in [7, 11) is 0. The lowest BCUT2D eigenvalue weighted by atomic mass is 10.0. The van der Waals surface area contributed by atoms with Gasteiger partial charge in [0.2, 0.25) is 0 Å². The second-order valence-electron chi connectivity index (χ2n) is 4.11. The Labute approximate surface area is 101 Å². The molecule has 2 aromatic rings. The van der Waals surface area contributed by atoms with E-state index in [2.05, 4.69) is 58.6 Å². The molecular weight excluding hydrogens is 212 g/mol. The number of hydrogen-bond donors (Lipinski definition) is 2. The first-order valence-corrected chi connectivity index (χ1v) is 5.94. The Bertz CT molecular complexity index is 450. The molecule has 0 fully saturated rings. The molecule has 4 heteroatoms. The summed E-state index contributed by atoms with van der Waals surface area (Å²) in [5.74, 6) is 0.898. The predicted molar refractivity (Wildman–Crippen MR) is 67.7 cm³/mol. The number of aromatic nitrogens is 3. The molecule has 1 heterocycles. The molecule has 0 aliphatic carbocycles. The number of benzene rings is 1. The molecule has 0 spiro atoms. The second kappa shape index (κ2) is 5.59. The number of likely N-dealkylation sites (N-methyl/N-ethyl adjacent to an activating group) is 1. The fraction of sp³-hybridized carbons (Fsp3) is 0.385. The van der Waals surface area contributed by atoms with Gasteiger partial charge in [-0.15, -0.1) is 0 Å². The van der Waals surface area contributed by atoms with E-state index in [0.717, 1.165) is 18.8 Å². The maximum atomic E-state index is 4.23. The fourth-order valence-corrected chi connectivity index (χ4v) is 1.95. The lowest BCUT2D eigenvalue weighted by Gasteiger charge is -2.16. The second-order valence-corrected chi connectivity index (χ2v) is 4.11. The van der Waals surface area contributed by atoms with Gasteiger partial charge in [0.15, 0.2) is 0 Å². The molecule has 17 heavy (non-hydrogen) atoms. The van der Waals surface area contributed by atoms with E-state index in [4.69, 9.17) is 0 Å². The van der Waals surface area contributed by atoms with Gasteiger partial charge in [-0.05, 0) is 31.0 Å². The zero-order valence-electron chi connectivity index (χ0n) is 10.3. The average molecular weight is 230 g/mol. The molecule has 0 saturated heterocycles. The molecule has 1 aromatic carbocycles. The van der Waals surface area contributed by atoms with Gasteiger partial charge in [0.1, 0.15) is 12.2 Å². The predicted octanol–water partition coefficient (Wildman–Crippen LogP) is 2.01. The highest BCUT2D eigenvalue weighted by Gasteiger charge is 2.14. The van der Waals surface area contributed by atoms with Crippen LogP contribution in [0.25, 0.3) is 0 Å². The summed E-state index contributed by atoms with van der Waals surface area (Å²) in [5, 5.41) is 10.3. The van der Waals surface area contributed by atoms with Gasteiger partial charge in [-0.3, -0.25) is 5.10 Å². The Balaban J connectivity index is 2.16. The summed E-state index contributed by atoms with van der Waals surface area (Å²) in [6.45, 7) is 5.15. The number of aromatic amines is 1. The zero-order chi connectivity index (χ0) is 12.1. The van der Waals surface area contributed by atoms with Gasteiger partial charge in [0, 0.05) is 0 Å². The maximum absolute atomic E-state index is 4.23. The van der Waals surface area contributed by atoms with Gasteiger partial charge < -0.3 is 5.32 Å². The van der Waals surface area contributed by atoms with Crippen molar-refractivity contribution >= 4 is 0 Å². The quantitative estimate of drug-likeness (QED) is 0.826. The molecule has 0 aliphatic heterocycles. The maximum Gasteiger partial charge on any atom is 0.141 e. The van der Waals surface area contributed by atoms with Crippen LogP contribution in [0.5, 0.6) is 0 Å². The van der Waals surface area contributed by atoms with Crippen LogP contribution in [0, 0.1) is 6.92 Å². The fourth-order valence-electron chi connectivity index (χ4n) is 1.95. The lowest BCUT2D eigenvalue weighted by Crippen LogP contribution is -2.24. The van der Waals surface area contributed by atoms with Crippen LogP contribution in [-0.4, -0.2) is 21.7 Å². The number of H-pyrrole nitrogens is 1. The Morgan fingerprint density at radius 1 is 1.35 bits per heavy atom. The molecule has 1 unspecified atom stereocenters. The van der Waals surface area contributed by atoms with Crippen LogP contribution in [0.15, 0.2) is 30.6 Å². The van der Waals surface area contributed by atoms with Crippen LogP contribution in [0.3, 0.4) is 0 Å². The average Bonchev–Trinajstić information content (AvgIpc) is 2.85. The van der Waals surface area contributed by atoms with Gasteiger partial charge in [-0.25, -0.2) is 4.98 Å². The van der Waals surface area contributed by atoms with E-state index < -0.39 is 0 Å². The molecule has 0 aliphatic rings. The van der Waals surface area contributed by atoms with E-state index in [1.807, 2.05) is 0 Å². The lowest BCUT2D eigenvalue weighted by molar-refractivity contribution is 0.522. The van der Waals surface area contributed by atoms with Crippen LogP contribution >= 0.6 is 0 Å². The van der Waals surface area contributed by atoms with E-state index in [9.17, 15) is 0 Å². The number of nitrogens with zero attached hydrogens (tertiary/aromatic N) is 2. The Morgan fingerprint density at radius 2 is 2.18 bits per heavy atom. The van der Waals surface area contributed by atoms with E-state index in [0.29, 0.717) is 0 Å². The van der Waals surface area contributed by atoms with Gasteiger partial charge >= 0.3 is 0 Å². The molecule has 1 aromatic heterocycles. The molecule has 90 valence electrons. The van der Waals surface area contributed by atoms with Crippen LogP contribution in [0.2, 0.25) is 0 Å². The highest BCUT2D eigenvalue weighted by molar-refractivity contribution is 5.26. The molecule has 0 bridgehead atoms. The highest BCUT2D eigenvalue weighted by atomic mass is 15.2. The van der Waals surface area contributed by atoms with E-state index >= 15 is 0 Å². The van der Waals surface area contributed by atoms with Gasteiger partial charge in [0.25, 0.3) is 0 Å². The molecule has 4 nitrogen and oxygen atoms in total. The molecule has 2 N–H and O–H groups in total. The van der Waals surface area contributed by atoms with E-state index in [-0.39, 0.29) is 6.04 Å². The molecular formula is C13H18N4. The topological polar surface area (TPSA) is 53.6 Å². The monoisotopic (exact) mass is 230 g/mol. The minimum atomic E-state index is 0.198. The van der Waals surface area contributed by atoms with Crippen LogP contribution < -0.4 is 5.32 Å². The molecule has 1 atom stereocenters. The first-order chi connectivity index (χ1) is 8.31. The molecule has 2 rings (SSSR count). The van der Waals surface area contributed by atoms with Crippen molar-refractivity contribution in [3.63, 3.8) is 0 Å². The van der Waals surface area contributed by atoms with Crippen molar-refractivity contribution in [2.24, 2.45) is 0 Å². The van der Waals surface area contributed by atoms with Crippen molar-refractivity contribution in [1.29, 1.82) is 0 Å². The van der Waals surface area contributed by atoms with Crippen molar-refractivity contribution in [2.75, 3.05) is 6.54 Å². The first kappa shape index (κ1) is 11.8. The zero-order valence-corrected chi connectivity index (χ0v) is 10.3. The standard InChI is InChI=1S/C13H18N4/c1-3-14-12(13-15-9-16-17-13)8-11-7-5-4-6-10(11)2/h4-7,9,12,14H,3,8H2,1-2H3,(H,15,16,17). The molecule has 0 radical (unpaired) electrons. The van der Waals surface area contributed by atoms with Crippen molar-refractivity contribution in [1.82, 2.24) is 20.5 Å². The molecule has 0 amide bonds. The third kappa shape index (κ3) is 2.91. The number of nitrogens with one attached hydrogen (secondary N) is 2. The van der Waals surface area contributed by atoms with Crippen molar-refractivity contribution < 1.29 is 0 Å². The third-order valence-corrected chi connectivity index (χ3v) is 2.90. The van der Waals surface area contributed by atoms with Gasteiger partial charge in [-0.2, -0.15) is 5.10 Å². The van der Waals surface area contributed by atoms with Crippen molar-refractivity contribution in [3.8, 4) is 0 Å². The SMILES string of the molecule is CCNC(Cc1ccccc1C)c1ncn[nH]1. The van der Waals surface area contributed by atoms with Gasteiger partial charge in [0.05, 0.1) is 6.04 Å². The first-order valence-electron chi connectivity index (χ1n) is 5.94. The van der Waals surface area contributed by atoms with Gasteiger partial charge in [-0.1, -0.05) is 31.2 Å².